The van der Waals surface area contributed by atoms with Crippen LogP contribution in [0.4, 0.5) is 0 Å². The van der Waals surface area contributed by atoms with Gasteiger partial charge in [0, 0.05) is 50.5 Å². The number of carbonyl (C=O) groups is 2. The quantitative estimate of drug-likeness (QED) is 0.835. The van der Waals surface area contributed by atoms with Crippen molar-refractivity contribution in [2.24, 2.45) is 18.4 Å². The summed E-state index contributed by atoms with van der Waals surface area (Å²) in [5, 5.41) is 0. The molecule has 3 atom stereocenters. The van der Waals surface area contributed by atoms with Gasteiger partial charge in [-0.3, -0.25) is 9.59 Å². The van der Waals surface area contributed by atoms with Gasteiger partial charge in [-0.2, -0.15) is 0 Å². The van der Waals surface area contributed by atoms with Gasteiger partial charge in [0.2, 0.25) is 5.91 Å². The van der Waals surface area contributed by atoms with Crippen molar-refractivity contribution in [2.45, 2.75) is 65.0 Å². The van der Waals surface area contributed by atoms with Crippen molar-refractivity contribution in [3.05, 3.63) is 23.5 Å². The fraction of sp³-hybridized carbons (Fsp3) is 0.714. The maximum absolute atomic E-state index is 13.0. The summed E-state index contributed by atoms with van der Waals surface area (Å²) in [5.74, 6) is 0.974. The molecule has 0 aromatic carbocycles. The monoisotopic (exact) mass is 357 g/mol. The zero-order valence-electron chi connectivity index (χ0n) is 16.5. The molecule has 0 radical (unpaired) electrons. The molecule has 5 nitrogen and oxygen atoms in total. The van der Waals surface area contributed by atoms with Gasteiger partial charge in [0.05, 0.1) is 5.56 Å². The van der Waals surface area contributed by atoms with Crippen LogP contribution in [0.15, 0.2) is 12.3 Å². The van der Waals surface area contributed by atoms with Crippen LogP contribution >= 0.6 is 0 Å². The van der Waals surface area contributed by atoms with Crippen molar-refractivity contribution < 1.29 is 9.59 Å². The molecule has 0 spiro atoms. The lowest BCUT2D eigenvalue weighted by molar-refractivity contribution is -0.142. The Morgan fingerprint density at radius 1 is 1.19 bits per heavy atom. The summed E-state index contributed by atoms with van der Waals surface area (Å²) in [4.78, 5) is 30.0. The van der Waals surface area contributed by atoms with Crippen LogP contribution in [0.5, 0.6) is 0 Å². The molecule has 0 N–H and O–H groups in total. The minimum absolute atomic E-state index is 0.112. The standard InChI is InChI=1S/C21H31N3O2/c1-14-8-15(11-22(14)4)20(26)23-12-17-6-5-7-18(13-23)24(17)19(25)9-16-10-21(16,2)3/h8,11,16-18H,5-7,9-10,12-13H2,1-4H3. The van der Waals surface area contributed by atoms with Gasteiger partial charge in [0.1, 0.15) is 0 Å². The van der Waals surface area contributed by atoms with Crippen LogP contribution in [-0.2, 0) is 11.8 Å². The third-order valence-corrected chi connectivity index (χ3v) is 6.94. The highest BCUT2D eigenvalue weighted by Crippen LogP contribution is 2.54. The van der Waals surface area contributed by atoms with Gasteiger partial charge >= 0.3 is 0 Å². The molecular formula is C21H31N3O2. The number of carbonyl (C=O) groups excluding carboxylic acids is 2. The lowest BCUT2D eigenvalue weighted by atomic mass is 9.90. The Morgan fingerprint density at radius 3 is 2.31 bits per heavy atom. The van der Waals surface area contributed by atoms with E-state index in [9.17, 15) is 9.59 Å². The number of amides is 2. The van der Waals surface area contributed by atoms with Gasteiger partial charge in [-0.1, -0.05) is 13.8 Å². The van der Waals surface area contributed by atoms with Crippen LogP contribution in [-0.4, -0.2) is 51.4 Å². The summed E-state index contributed by atoms with van der Waals surface area (Å²) in [5.41, 5.74) is 2.20. The van der Waals surface area contributed by atoms with E-state index < -0.39 is 0 Å². The van der Waals surface area contributed by atoms with Crippen molar-refractivity contribution in [2.75, 3.05) is 13.1 Å². The first-order valence-electron chi connectivity index (χ1n) is 9.99. The molecule has 142 valence electrons. The Hall–Kier alpha value is -1.78. The Labute approximate surface area is 156 Å². The number of likely N-dealkylation sites (tertiary alicyclic amines) is 1. The molecule has 1 aromatic heterocycles. The maximum atomic E-state index is 13.0. The van der Waals surface area contributed by atoms with Gasteiger partial charge in [-0.25, -0.2) is 0 Å². The summed E-state index contributed by atoms with van der Waals surface area (Å²) in [6.07, 6.45) is 6.98. The van der Waals surface area contributed by atoms with Gasteiger partial charge in [-0.15, -0.1) is 0 Å². The van der Waals surface area contributed by atoms with Crippen LogP contribution < -0.4 is 0 Å². The second kappa shape index (κ2) is 6.14. The van der Waals surface area contributed by atoms with E-state index in [1.165, 1.54) is 12.8 Å². The first-order valence-corrected chi connectivity index (χ1v) is 9.99. The van der Waals surface area contributed by atoms with Crippen molar-refractivity contribution in [1.29, 1.82) is 0 Å². The highest BCUT2D eigenvalue weighted by molar-refractivity contribution is 5.94. The zero-order chi connectivity index (χ0) is 18.6. The molecule has 1 aromatic rings. The number of rotatable bonds is 3. The molecule has 2 bridgehead atoms. The predicted octanol–water partition coefficient (Wildman–Crippen LogP) is 2.98. The molecule has 2 aliphatic heterocycles. The number of hydrogen-bond acceptors (Lipinski definition) is 2. The van der Waals surface area contributed by atoms with Gasteiger partial charge in [0.25, 0.3) is 5.91 Å². The molecule has 3 aliphatic rings. The van der Waals surface area contributed by atoms with Gasteiger partial charge < -0.3 is 14.4 Å². The van der Waals surface area contributed by atoms with Crippen LogP contribution in [0.2, 0.25) is 0 Å². The molecule has 2 saturated heterocycles. The van der Waals surface area contributed by atoms with E-state index in [1.807, 2.05) is 35.7 Å². The van der Waals surface area contributed by atoms with Crippen molar-refractivity contribution in [3.63, 3.8) is 0 Å². The minimum atomic E-state index is 0.112. The third-order valence-electron chi connectivity index (χ3n) is 6.94. The summed E-state index contributed by atoms with van der Waals surface area (Å²) in [7, 11) is 1.97. The molecule has 3 heterocycles. The molecule has 1 saturated carbocycles. The van der Waals surface area contributed by atoms with E-state index in [0.717, 1.165) is 24.1 Å². The molecule has 1 aliphatic carbocycles. The number of aryl methyl sites for hydroxylation is 2. The molecule has 5 heteroatoms. The number of piperazine rings is 1. The van der Waals surface area contributed by atoms with Crippen LogP contribution in [0, 0.1) is 18.3 Å². The summed E-state index contributed by atoms with van der Waals surface area (Å²) < 4.78 is 1.99. The maximum Gasteiger partial charge on any atom is 0.255 e. The van der Waals surface area contributed by atoms with Crippen molar-refractivity contribution in [3.8, 4) is 0 Å². The van der Waals surface area contributed by atoms with Crippen molar-refractivity contribution >= 4 is 11.8 Å². The lowest BCUT2D eigenvalue weighted by Crippen LogP contribution is -2.63. The Morgan fingerprint density at radius 2 is 1.81 bits per heavy atom. The topological polar surface area (TPSA) is 45.6 Å². The van der Waals surface area contributed by atoms with Gasteiger partial charge in [-0.05, 0) is 50.0 Å². The zero-order valence-corrected chi connectivity index (χ0v) is 16.5. The first kappa shape index (κ1) is 17.6. The number of piperidine rings is 1. The third kappa shape index (κ3) is 3.06. The largest absolute Gasteiger partial charge is 0.354 e. The van der Waals surface area contributed by atoms with Crippen LogP contribution in [0.3, 0.4) is 0 Å². The summed E-state index contributed by atoms with van der Waals surface area (Å²) in [6, 6.07) is 2.36. The Kier molecular flexibility index (Phi) is 4.16. The fourth-order valence-electron chi connectivity index (χ4n) is 4.90. The van der Waals surface area contributed by atoms with E-state index in [-0.39, 0.29) is 18.0 Å². The first-order chi connectivity index (χ1) is 12.3. The van der Waals surface area contributed by atoms with Crippen molar-refractivity contribution in [1.82, 2.24) is 14.4 Å². The SMILES string of the molecule is Cc1cc(C(=O)N2CC3CCCC(C2)N3C(=O)CC2CC2(C)C)cn1C. The normalized spacial score (nSPS) is 29.6. The smallest absolute Gasteiger partial charge is 0.255 e. The molecule has 3 unspecified atom stereocenters. The minimum Gasteiger partial charge on any atom is -0.354 e. The highest BCUT2D eigenvalue weighted by Gasteiger charge is 2.49. The fourth-order valence-corrected chi connectivity index (χ4v) is 4.90. The van der Waals surface area contributed by atoms with E-state index in [4.69, 9.17) is 0 Å². The average molecular weight is 357 g/mol. The number of nitrogens with zero attached hydrogens (tertiary/aromatic N) is 3. The van der Waals surface area contributed by atoms with Crippen LogP contribution in [0.25, 0.3) is 0 Å². The molecule has 26 heavy (non-hydrogen) atoms. The van der Waals surface area contributed by atoms with E-state index in [2.05, 4.69) is 18.7 Å². The number of fused-ring (bicyclic) bond motifs is 2. The number of aromatic nitrogens is 1. The molecule has 2 amide bonds. The Bertz CT molecular complexity index is 702. The van der Waals surface area contributed by atoms with Gasteiger partial charge in [0.15, 0.2) is 0 Å². The average Bonchev–Trinajstić information content (AvgIpc) is 3.02. The second-order valence-corrected chi connectivity index (χ2v) is 9.32. The lowest BCUT2D eigenvalue weighted by Gasteiger charge is -2.50. The van der Waals surface area contributed by atoms with E-state index in [0.29, 0.717) is 36.8 Å². The Balaban J connectivity index is 1.46. The second-order valence-electron chi connectivity index (χ2n) is 9.32. The molecule has 3 fully saturated rings. The highest BCUT2D eigenvalue weighted by atomic mass is 16.2. The number of hydrogen-bond donors (Lipinski definition) is 0. The molecule has 4 rings (SSSR count). The van der Waals surface area contributed by atoms with Crippen LogP contribution in [0.1, 0.15) is 62.0 Å². The predicted molar refractivity (Wildman–Crippen MR) is 101 cm³/mol. The summed E-state index contributed by atoms with van der Waals surface area (Å²) in [6.45, 7) is 7.89. The van der Waals surface area contributed by atoms with E-state index in [1.54, 1.807) is 0 Å². The van der Waals surface area contributed by atoms with E-state index >= 15 is 0 Å². The summed E-state index contributed by atoms with van der Waals surface area (Å²) >= 11 is 0. The molecular weight excluding hydrogens is 326 g/mol.